The van der Waals surface area contributed by atoms with Gasteiger partial charge in [0.2, 0.25) is 5.82 Å². The predicted molar refractivity (Wildman–Crippen MR) is 72.5 cm³/mol. The Kier molecular flexibility index (Phi) is 4.94. The Morgan fingerprint density at radius 3 is 2.83 bits per heavy atom. The molecule has 0 aliphatic rings. The monoisotopic (exact) mass is 328 g/mol. The van der Waals surface area contributed by atoms with E-state index >= 15 is 0 Å². The number of halogens is 2. The summed E-state index contributed by atoms with van der Waals surface area (Å²) in [7, 11) is 0. The van der Waals surface area contributed by atoms with E-state index < -0.39 is 23.3 Å². The maximum absolute atomic E-state index is 12.7. The number of rotatable bonds is 7. The highest BCUT2D eigenvalue weighted by molar-refractivity contribution is 5.57. The lowest BCUT2D eigenvalue weighted by Crippen LogP contribution is -2.24. The van der Waals surface area contributed by atoms with Crippen molar-refractivity contribution in [3.05, 3.63) is 28.6 Å². The molecule has 124 valence electrons. The van der Waals surface area contributed by atoms with E-state index in [1.54, 1.807) is 13.8 Å². The van der Waals surface area contributed by atoms with Crippen LogP contribution in [-0.2, 0) is 16.3 Å². The van der Waals surface area contributed by atoms with Gasteiger partial charge in [0.05, 0.1) is 6.61 Å². The fraction of sp³-hybridized carbons (Fsp3) is 0.462. The Labute approximate surface area is 129 Å². The summed E-state index contributed by atoms with van der Waals surface area (Å²) in [6, 6.07) is 1.01. The first-order valence-electron chi connectivity index (χ1n) is 6.55. The molecule has 0 N–H and O–H groups in total. The third-order valence-electron chi connectivity index (χ3n) is 2.84. The van der Waals surface area contributed by atoms with Gasteiger partial charge in [-0.1, -0.05) is 19.0 Å². The Bertz CT molecular complexity index is 742. The molecule has 10 heteroatoms. The molecular weight excluding hydrogens is 314 g/mol. The number of aromatic nitrogens is 4. The average molecular weight is 328 g/mol. The van der Waals surface area contributed by atoms with Crippen LogP contribution in [0.5, 0.6) is 0 Å². The first-order chi connectivity index (χ1) is 10.8. The van der Waals surface area contributed by atoms with Crippen LogP contribution in [0, 0.1) is 5.41 Å². The van der Waals surface area contributed by atoms with E-state index in [1.165, 1.54) is 0 Å². The van der Waals surface area contributed by atoms with Crippen LogP contribution in [0.2, 0.25) is 0 Å². The van der Waals surface area contributed by atoms with Gasteiger partial charge in [-0.3, -0.25) is 4.52 Å². The highest BCUT2D eigenvalue weighted by atomic mass is 19.3. The first kappa shape index (κ1) is 16.9. The van der Waals surface area contributed by atoms with E-state index in [2.05, 4.69) is 19.6 Å². The summed E-state index contributed by atoms with van der Waals surface area (Å²) < 4.78 is 36.2. The van der Waals surface area contributed by atoms with Crippen LogP contribution >= 0.6 is 0 Å². The molecule has 0 aliphatic heterocycles. The molecule has 0 aromatic carbocycles. The molecule has 2 rings (SSSR count). The van der Waals surface area contributed by atoms with Crippen molar-refractivity contribution >= 4 is 6.29 Å². The van der Waals surface area contributed by atoms with Crippen molar-refractivity contribution in [2.45, 2.75) is 27.0 Å². The fourth-order valence-electron chi connectivity index (χ4n) is 1.61. The minimum atomic E-state index is -2.78. The van der Waals surface area contributed by atoms with Gasteiger partial charge in [-0.25, -0.2) is 28.1 Å². The maximum Gasteiger partial charge on any atom is 0.443 e. The Morgan fingerprint density at radius 1 is 1.43 bits per heavy atom. The van der Waals surface area contributed by atoms with Gasteiger partial charge >= 0.3 is 5.76 Å². The summed E-state index contributed by atoms with van der Waals surface area (Å²) in [5, 5.41) is 3.51. The molecule has 0 spiro atoms. The van der Waals surface area contributed by atoms with Gasteiger partial charge < -0.3 is 9.53 Å². The summed E-state index contributed by atoms with van der Waals surface area (Å²) in [5.41, 5.74) is -1.22. The van der Waals surface area contributed by atoms with Gasteiger partial charge in [0, 0.05) is 5.41 Å². The molecular formula is C13H14F2N4O4. The Morgan fingerprint density at radius 2 is 2.17 bits per heavy atom. The smallest absolute Gasteiger partial charge is 0.359 e. The van der Waals surface area contributed by atoms with Crippen LogP contribution in [0.3, 0.4) is 0 Å². The maximum atomic E-state index is 12.7. The van der Waals surface area contributed by atoms with Gasteiger partial charge in [-0.15, -0.1) is 0 Å². The van der Waals surface area contributed by atoms with E-state index in [0.717, 1.165) is 23.2 Å². The molecule has 0 fully saturated rings. The third-order valence-corrected chi connectivity index (χ3v) is 2.84. The Hall–Kier alpha value is -2.49. The molecule has 0 unspecified atom stereocenters. The van der Waals surface area contributed by atoms with Crippen LogP contribution < -0.4 is 5.76 Å². The molecule has 0 aliphatic carbocycles. The lowest BCUT2D eigenvalue weighted by atomic mass is 9.98. The molecule has 23 heavy (non-hydrogen) atoms. The average Bonchev–Trinajstić information content (AvgIpc) is 2.88. The van der Waals surface area contributed by atoms with Gasteiger partial charge in [-0.2, -0.15) is 0 Å². The number of carbonyl (C=O) groups excluding carboxylic acids is 1. The van der Waals surface area contributed by atoms with E-state index in [9.17, 15) is 18.4 Å². The lowest BCUT2D eigenvalue weighted by molar-refractivity contribution is -0.118. The fourth-order valence-corrected chi connectivity index (χ4v) is 1.61. The number of alkyl halides is 2. The number of aldehydes is 1. The molecule has 0 bridgehead atoms. The second kappa shape index (κ2) is 6.73. The third kappa shape index (κ3) is 4.03. The molecule has 2 aromatic rings. The van der Waals surface area contributed by atoms with Gasteiger partial charge in [0.25, 0.3) is 6.43 Å². The number of ether oxygens (including phenoxy) is 1. The minimum Gasteiger partial charge on any atom is -0.359 e. The van der Waals surface area contributed by atoms with Crippen molar-refractivity contribution in [3.63, 3.8) is 0 Å². The zero-order chi connectivity index (χ0) is 17.0. The van der Waals surface area contributed by atoms with Crippen molar-refractivity contribution in [1.29, 1.82) is 0 Å². The number of nitrogens with zero attached hydrogens (tertiary/aromatic N) is 4. The molecule has 2 heterocycles. The second-order valence-electron chi connectivity index (χ2n) is 5.41. The minimum absolute atomic E-state index is 0.000558. The van der Waals surface area contributed by atoms with Gasteiger partial charge in [0.15, 0.2) is 0 Å². The van der Waals surface area contributed by atoms with Crippen LogP contribution in [0.15, 0.2) is 21.7 Å². The van der Waals surface area contributed by atoms with Crippen LogP contribution in [0.25, 0.3) is 11.5 Å². The molecule has 0 saturated carbocycles. The topological polar surface area (TPSA) is 100 Å². The van der Waals surface area contributed by atoms with Crippen molar-refractivity contribution in [1.82, 2.24) is 19.7 Å². The highest BCUT2D eigenvalue weighted by Crippen LogP contribution is 2.20. The number of carbonyl (C=O) groups is 1. The zero-order valence-corrected chi connectivity index (χ0v) is 12.4. The zero-order valence-electron chi connectivity index (χ0n) is 12.4. The van der Waals surface area contributed by atoms with Crippen molar-refractivity contribution < 1.29 is 22.8 Å². The van der Waals surface area contributed by atoms with Crippen molar-refractivity contribution in [3.8, 4) is 11.5 Å². The number of hydrogen-bond donors (Lipinski definition) is 0. The van der Waals surface area contributed by atoms with E-state index in [1.807, 2.05) is 0 Å². The number of hydrogen-bond acceptors (Lipinski definition) is 7. The largest absolute Gasteiger partial charge is 0.443 e. The van der Waals surface area contributed by atoms with Crippen molar-refractivity contribution in [2.24, 2.45) is 5.41 Å². The first-order valence-corrected chi connectivity index (χ1v) is 6.55. The molecule has 0 atom stereocenters. The summed E-state index contributed by atoms with van der Waals surface area (Å²) in [6.45, 7) is 3.12. The lowest BCUT2D eigenvalue weighted by Gasteiger charge is -2.16. The van der Waals surface area contributed by atoms with Gasteiger partial charge in [-0.05, 0) is 6.07 Å². The highest BCUT2D eigenvalue weighted by Gasteiger charge is 2.20. The van der Waals surface area contributed by atoms with Crippen molar-refractivity contribution in [2.75, 3.05) is 6.61 Å². The summed E-state index contributed by atoms with van der Waals surface area (Å²) in [5.74, 6) is -0.899. The van der Waals surface area contributed by atoms with Crippen LogP contribution in [-0.4, -0.2) is 32.6 Å². The van der Waals surface area contributed by atoms with Crippen LogP contribution in [0.1, 0.15) is 26.0 Å². The standard InChI is InChI=1S/C13H14F2N4O4/c1-13(2,4-20)5-22-7-19-11(18-23-12(19)21)9-3-8(10(14)15)16-6-17-9/h3-4,6,10H,5,7H2,1-2H3. The van der Waals surface area contributed by atoms with E-state index in [0.29, 0.717) is 0 Å². The molecule has 0 saturated heterocycles. The SMILES string of the molecule is CC(C)(C=O)COCn1c(-c2cc(C(F)F)ncn2)noc1=O. The summed E-state index contributed by atoms with van der Waals surface area (Å²) >= 11 is 0. The van der Waals surface area contributed by atoms with Crippen LogP contribution in [0.4, 0.5) is 8.78 Å². The molecule has 2 aromatic heterocycles. The van der Waals surface area contributed by atoms with E-state index in [4.69, 9.17) is 4.74 Å². The molecule has 0 radical (unpaired) electrons. The summed E-state index contributed by atoms with van der Waals surface area (Å²) in [4.78, 5) is 29.7. The molecule has 0 amide bonds. The normalized spacial score (nSPS) is 11.9. The second-order valence-corrected chi connectivity index (χ2v) is 5.41. The Balaban J connectivity index is 2.23. The molecule has 8 nitrogen and oxygen atoms in total. The van der Waals surface area contributed by atoms with Gasteiger partial charge in [0.1, 0.15) is 30.7 Å². The quantitative estimate of drug-likeness (QED) is 0.709. The van der Waals surface area contributed by atoms with E-state index in [-0.39, 0.29) is 24.9 Å². The predicted octanol–water partition coefficient (Wildman–Crippen LogP) is 1.43. The summed E-state index contributed by atoms with van der Waals surface area (Å²) in [6.07, 6.45) is -1.12.